The molecule has 4 rings (SSSR count). The molecule has 0 amide bonds. The summed E-state index contributed by atoms with van der Waals surface area (Å²) in [6.07, 6.45) is 0. The molecule has 3 aromatic carbocycles. The van der Waals surface area contributed by atoms with Crippen LogP contribution in [0, 0.1) is 0 Å². The van der Waals surface area contributed by atoms with Crippen LogP contribution < -0.4 is 5.32 Å². The third kappa shape index (κ3) is 3.75. The maximum Gasteiger partial charge on any atom is 0.163 e. The largest absolute Gasteiger partial charge is 0.363 e. The van der Waals surface area contributed by atoms with Crippen LogP contribution in [0.5, 0.6) is 0 Å². The Morgan fingerprint density at radius 2 is 1.59 bits per heavy atom. The van der Waals surface area contributed by atoms with Crippen molar-refractivity contribution < 1.29 is 0 Å². The van der Waals surface area contributed by atoms with E-state index in [0.29, 0.717) is 15.9 Å². The van der Waals surface area contributed by atoms with Gasteiger partial charge in [-0.05, 0) is 42.8 Å². The van der Waals surface area contributed by atoms with Crippen LogP contribution in [0.25, 0.3) is 22.3 Å². The smallest absolute Gasteiger partial charge is 0.163 e. The molecule has 1 N–H and O–H groups in total. The van der Waals surface area contributed by atoms with Crippen molar-refractivity contribution >= 4 is 39.9 Å². The Kier molecular flexibility index (Phi) is 4.97. The van der Waals surface area contributed by atoms with E-state index in [1.807, 2.05) is 48.5 Å². The van der Waals surface area contributed by atoms with Crippen LogP contribution >= 0.6 is 23.2 Å². The zero-order chi connectivity index (χ0) is 18.8. The molecule has 3 nitrogen and oxygen atoms in total. The zero-order valence-corrected chi connectivity index (χ0v) is 16.2. The molecule has 0 bridgehead atoms. The van der Waals surface area contributed by atoms with Gasteiger partial charge in [-0.3, -0.25) is 0 Å². The summed E-state index contributed by atoms with van der Waals surface area (Å²) in [5, 5.41) is 5.60. The van der Waals surface area contributed by atoms with Crippen molar-refractivity contribution in [2.24, 2.45) is 0 Å². The van der Waals surface area contributed by atoms with Crippen LogP contribution in [0.2, 0.25) is 10.0 Å². The zero-order valence-electron chi connectivity index (χ0n) is 14.7. The second kappa shape index (κ2) is 7.55. The van der Waals surface area contributed by atoms with Gasteiger partial charge < -0.3 is 5.32 Å². The normalized spacial score (nSPS) is 12.1. The van der Waals surface area contributed by atoms with Crippen molar-refractivity contribution in [2.75, 3.05) is 5.32 Å². The summed E-state index contributed by atoms with van der Waals surface area (Å²) in [7, 11) is 0. The van der Waals surface area contributed by atoms with Crippen LogP contribution in [0.3, 0.4) is 0 Å². The molecule has 0 aliphatic rings. The molecule has 0 aliphatic heterocycles. The Morgan fingerprint density at radius 1 is 0.852 bits per heavy atom. The highest BCUT2D eigenvalue weighted by molar-refractivity contribution is 6.36. The van der Waals surface area contributed by atoms with E-state index < -0.39 is 0 Å². The van der Waals surface area contributed by atoms with Crippen molar-refractivity contribution in [3.05, 3.63) is 88.4 Å². The molecule has 1 unspecified atom stereocenters. The predicted molar refractivity (Wildman–Crippen MR) is 113 cm³/mol. The van der Waals surface area contributed by atoms with Crippen LogP contribution in [0.15, 0.2) is 72.8 Å². The van der Waals surface area contributed by atoms with Crippen LogP contribution in [0.4, 0.5) is 5.82 Å². The standard InChI is InChI=1S/C22H17Cl2N3/c1-14(15-7-3-2-4-8-15)25-22-18-9-5-6-10-20(18)26-21(27-22)17-12-11-16(23)13-19(17)24/h2-14H,1H3,(H,25,26,27). The summed E-state index contributed by atoms with van der Waals surface area (Å²) in [6.45, 7) is 2.11. The maximum absolute atomic E-state index is 6.38. The number of hydrogen-bond acceptors (Lipinski definition) is 3. The van der Waals surface area contributed by atoms with Gasteiger partial charge in [-0.1, -0.05) is 65.7 Å². The molecule has 134 valence electrons. The van der Waals surface area contributed by atoms with Gasteiger partial charge in [0.1, 0.15) is 5.82 Å². The third-order valence-corrected chi connectivity index (χ3v) is 4.98. The minimum Gasteiger partial charge on any atom is -0.363 e. The second-order valence-electron chi connectivity index (χ2n) is 6.31. The van der Waals surface area contributed by atoms with E-state index in [1.165, 1.54) is 5.56 Å². The van der Waals surface area contributed by atoms with Crippen molar-refractivity contribution in [1.29, 1.82) is 0 Å². The Bertz CT molecular complexity index is 1100. The summed E-state index contributed by atoms with van der Waals surface area (Å²) in [5.41, 5.74) is 2.80. The Morgan fingerprint density at radius 3 is 2.37 bits per heavy atom. The number of nitrogens with one attached hydrogen (secondary N) is 1. The van der Waals surface area contributed by atoms with Gasteiger partial charge >= 0.3 is 0 Å². The summed E-state index contributed by atoms with van der Waals surface area (Å²) in [4.78, 5) is 9.48. The van der Waals surface area contributed by atoms with Gasteiger partial charge in [0, 0.05) is 22.0 Å². The molecule has 0 fully saturated rings. The summed E-state index contributed by atoms with van der Waals surface area (Å²) >= 11 is 12.4. The number of aromatic nitrogens is 2. The number of anilines is 1. The minimum absolute atomic E-state index is 0.0954. The SMILES string of the molecule is CC(Nc1nc(-c2ccc(Cl)cc2Cl)nc2ccccc12)c1ccccc1. The average molecular weight is 394 g/mol. The molecule has 0 radical (unpaired) electrons. The summed E-state index contributed by atoms with van der Waals surface area (Å²) < 4.78 is 0. The van der Waals surface area contributed by atoms with E-state index in [9.17, 15) is 0 Å². The lowest BCUT2D eigenvalue weighted by molar-refractivity contribution is 0.876. The molecule has 0 aliphatic carbocycles. The first-order valence-corrected chi connectivity index (χ1v) is 9.41. The summed E-state index contributed by atoms with van der Waals surface area (Å²) in [6, 6.07) is 23.6. The molecule has 5 heteroatoms. The number of hydrogen-bond donors (Lipinski definition) is 1. The average Bonchev–Trinajstić information content (AvgIpc) is 2.68. The number of halogens is 2. The molecular weight excluding hydrogens is 377 g/mol. The lowest BCUT2D eigenvalue weighted by Crippen LogP contribution is -2.09. The first kappa shape index (κ1) is 17.8. The van der Waals surface area contributed by atoms with Crippen LogP contribution in [-0.2, 0) is 0 Å². The number of benzene rings is 3. The van der Waals surface area contributed by atoms with Gasteiger partial charge in [-0.2, -0.15) is 0 Å². The molecule has 27 heavy (non-hydrogen) atoms. The van der Waals surface area contributed by atoms with Gasteiger partial charge in [0.05, 0.1) is 10.5 Å². The molecule has 0 saturated heterocycles. The molecule has 4 aromatic rings. The highest BCUT2D eigenvalue weighted by Crippen LogP contribution is 2.32. The van der Waals surface area contributed by atoms with Crippen molar-refractivity contribution in [3.8, 4) is 11.4 Å². The Labute approximate surface area is 168 Å². The Hall–Kier alpha value is -2.62. The van der Waals surface area contributed by atoms with Crippen molar-refractivity contribution in [1.82, 2.24) is 9.97 Å². The lowest BCUT2D eigenvalue weighted by Gasteiger charge is -2.17. The van der Waals surface area contributed by atoms with Gasteiger partial charge in [0.2, 0.25) is 0 Å². The van der Waals surface area contributed by atoms with E-state index >= 15 is 0 Å². The fourth-order valence-corrected chi connectivity index (χ4v) is 3.50. The van der Waals surface area contributed by atoms with Gasteiger partial charge in [0.25, 0.3) is 0 Å². The second-order valence-corrected chi connectivity index (χ2v) is 7.16. The number of nitrogens with zero attached hydrogens (tertiary/aromatic N) is 2. The monoisotopic (exact) mass is 393 g/mol. The van der Waals surface area contributed by atoms with Crippen LogP contribution in [0.1, 0.15) is 18.5 Å². The van der Waals surface area contributed by atoms with Gasteiger partial charge in [-0.15, -0.1) is 0 Å². The van der Waals surface area contributed by atoms with E-state index in [4.69, 9.17) is 33.2 Å². The third-order valence-electron chi connectivity index (χ3n) is 4.43. The number of para-hydroxylation sites is 1. The number of fused-ring (bicyclic) bond motifs is 1. The first-order chi connectivity index (χ1) is 13.1. The Balaban J connectivity index is 1.81. The van der Waals surface area contributed by atoms with Crippen molar-refractivity contribution in [3.63, 3.8) is 0 Å². The minimum atomic E-state index is 0.0954. The van der Waals surface area contributed by atoms with Gasteiger partial charge in [-0.25, -0.2) is 9.97 Å². The molecule has 1 heterocycles. The fraction of sp³-hybridized carbons (Fsp3) is 0.0909. The fourth-order valence-electron chi connectivity index (χ4n) is 3.01. The van der Waals surface area contributed by atoms with Gasteiger partial charge in [0.15, 0.2) is 5.82 Å². The van der Waals surface area contributed by atoms with E-state index in [0.717, 1.165) is 22.3 Å². The van der Waals surface area contributed by atoms with E-state index in [2.05, 4.69) is 24.4 Å². The molecular formula is C22H17Cl2N3. The first-order valence-electron chi connectivity index (χ1n) is 8.65. The molecule has 0 saturated carbocycles. The highest BCUT2D eigenvalue weighted by Gasteiger charge is 2.14. The topological polar surface area (TPSA) is 37.8 Å². The molecule has 1 aromatic heterocycles. The quantitative estimate of drug-likeness (QED) is 0.415. The maximum atomic E-state index is 6.38. The highest BCUT2D eigenvalue weighted by atomic mass is 35.5. The lowest BCUT2D eigenvalue weighted by atomic mass is 10.1. The molecule has 0 spiro atoms. The van der Waals surface area contributed by atoms with E-state index in [1.54, 1.807) is 12.1 Å². The predicted octanol–water partition coefficient (Wildman–Crippen LogP) is 6.78. The summed E-state index contributed by atoms with van der Waals surface area (Å²) in [5.74, 6) is 1.34. The van der Waals surface area contributed by atoms with E-state index in [-0.39, 0.29) is 6.04 Å². The molecule has 1 atom stereocenters. The van der Waals surface area contributed by atoms with Crippen molar-refractivity contribution in [2.45, 2.75) is 13.0 Å². The van der Waals surface area contributed by atoms with Crippen LogP contribution in [-0.4, -0.2) is 9.97 Å². The number of rotatable bonds is 4.